The van der Waals surface area contributed by atoms with E-state index in [1.54, 1.807) is 0 Å². The summed E-state index contributed by atoms with van der Waals surface area (Å²) < 4.78 is 1.83. The smallest absolute Gasteiger partial charge is 0.270 e. The number of phenolic OH excluding ortho intramolecular Hbond substituents is 1. The van der Waals surface area contributed by atoms with E-state index in [1.165, 1.54) is 18.2 Å². The van der Waals surface area contributed by atoms with E-state index in [0.717, 1.165) is 28.6 Å². The van der Waals surface area contributed by atoms with E-state index in [9.17, 15) is 20.0 Å². The fourth-order valence-corrected chi connectivity index (χ4v) is 3.33. The fourth-order valence-electron chi connectivity index (χ4n) is 3.33. The number of hydrazone groups is 1. The molecule has 0 aliphatic heterocycles. The minimum Gasteiger partial charge on any atom is -0.507 e. The summed E-state index contributed by atoms with van der Waals surface area (Å²) in [6.07, 6.45) is 1.73. The Hall–Kier alpha value is -4.53. The van der Waals surface area contributed by atoms with Crippen LogP contribution < -0.4 is 5.43 Å². The van der Waals surface area contributed by atoms with Gasteiger partial charge in [-0.1, -0.05) is 42.5 Å². The summed E-state index contributed by atoms with van der Waals surface area (Å²) in [4.78, 5) is 27.6. The van der Waals surface area contributed by atoms with Gasteiger partial charge in [0.1, 0.15) is 18.1 Å². The molecule has 32 heavy (non-hydrogen) atoms. The predicted octanol–water partition coefficient (Wildman–Crippen LogP) is 3.39. The van der Waals surface area contributed by atoms with Gasteiger partial charge < -0.3 is 9.67 Å². The van der Waals surface area contributed by atoms with Crippen molar-refractivity contribution in [3.8, 4) is 5.75 Å². The van der Waals surface area contributed by atoms with Gasteiger partial charge in [0.05, 0.1) is 22.2 Å². The second-order valence-electron chi connectivity index (χ2n) is 7.06. The molecule has 4 aromatic rings. The van der Waals surface area contributed by atoms with Gasteiger partial charge in [0.25, 0.3) is 11.6 Å². The maximum Gasteiger partial charge on any atom is 0.270 e. The van der Waals surface area contributed by atoms with Gasteiger partial charge in [-0.3, -0.25) is 14.9 Å². The third-order valence-electron chi connectivity index (χ3n) is 4.86. The van der Waals surface area contributed by atoms with Crippen LogP contribution >= 0.6 is 0 Å². The van der Waals surface area contributed by atoms with Crippen molar-refractivity contribution in [3.05, 3.63) is 99.9 Å². The Labute approximate surface area is 182 Å². The molecule has 0 fully saturated rings. The number of para-hydroxylation sites is 2. The maximum atomic E-state index is 12.6. The highest BCUT2D eigenvalue weighted by atomic mass is 16.6. The number of fused-ring (bicyclic) bond motifs is 1. The van der Waals surface area contributed by atoms with E-state index in [2.05, 4.69) is 15.5 Å². The van der Waals surface area contributed by atoms with Gasteiger partial charge in [-0.2, -0.15) is 5.10 Å². The molecule has 2 N–H and O–H groups in total. The number of hydrogen-bond acceptors (Lipinski definition) is 6. The maximum absolute atomic E-state index is 12.6. The predicted molar refractivity (Wildman–Crippen MR) is 119 cm³/mol. The van der Waals surface area contributed by atoms with Gasteiger partial charge in [-0.05, 0) is 23.8 Å². The molecule has 0 saturated carbocycles. The summed E-state index contributed by atoms with van der Waals surface area (Å²) in [6.45, 7) is -0.0130. The first-order chi connectivity index (χ1) is 15.5. The fraction of sp³-hybridized carbons (Fsp3) is 0.0870. The number of aromatic hydroxyl groups is 1. The van der Waals surface area contributed by atoms with Crippen molar-refractivity contribution < 1.29 is 14.8 Å². The molecule has 0 aliphatic carbocycles. The molecule has 9 heteroatoms. The number of carbonyl (C=O) groups excluding carboxylic acids is 1. The van der Waals surface area contributed by atoms with Crippen LogP contribution in [-0.2, 0) is 17.8 Å². The van der Waals surface area contributed by atoms with Gasteiger partial charge in [0.2, 0.25) is 0 Å². The van der Waals surface area contributed by atoms with Crippen molar-refractivity contribution in [3.63, 3.8) is 0 Å². The SMILES string of the molecule is O=C(Cn1c(Cc2ccccc2)nc2ccccc21)N/N=C/c1cc([N+](=O)[O-])ccc1O. The number of nitro groups is 1. The standard InChI is InChI=1S/C23H19N5O4/c29-21-11-10-18(28(31)32)13-17(21)14-24-26-23(30)15-27-20-9-5-4-8-19(20)25-22(27)12-16-6-2-1-3-7-16/h1-11,13-14,29H,12,15H2,(H,26,30)/b24-14+. The summed E-state index contributed by atoms with van der Waals surface area (Å²) in [5, 5.41) is 24.6. The number of nitrogens with zero attached hydrogens (tertiary/aromatic N) is 4. The zero-order chi connectivity index (χ0) is 22.5. The molecular formula is C23H19N5O4. The Morgan fingerprint density at radius 2 is 1.88 bits per heavy atom. The van der Waals surface area contributed by atoms with Crippen molar-refractivity contribution >= 4 is 28.8 Å². The van der Waals surface area contributed by atoms with Crippen molar-refractivity contribution in [1.82, 2.24) is 15.0 Å². The topological polar surface area (TPSA) is 123 Å². The Balaban J connectivity index is 1.52. The van der Waals surface area contributed by atoms with Crippen molar-refractivity contribution in [2.24, 2.45) is 5.10 Å². The molecule has 0 aliphatic rings. The van der Waals surface area contributed by atoms with Crippen molar-refractivity contribution in [2.45, 2.75) is 13.0 Å². The minimum absolute atomic E-state index is 0.0130. The van der Waals surface area contributed by atoms with Crippen LogP contribution in [0.25, 0.3) is 11.0 Å². The normalized spacial score (nSPS) is 11.1. The molecule has 0 saturated heterocycles. The average molecular weight is 429 g/mol. The molecule has 0 unspecified atom stereocenters. The molecule has 0 spiro atoms. The summed E-state index contributed by atoms with van der Waals surface area (Å²) in [6, 6.07) is 21.0. The van der Waals surface area contributed by atoms with Crippen LogP contribution in [0.3, 0.4) is 0 Å². The molecule has 0 bridgehead atoms. The number of phenols is 1. The van der Waals surface area contributed by atoms with Gasteiger partial charge in [-0.25, -0.2) is 10.4 Å². The molecule has 1 heterocycles. The Morgan fingerprint density at radius 1 is 1.12 bits per heavy atom. The monoisotopic (exact) mass is 429 g/mol. The van der Waals surface area contributed by atoms with Crippen LogP contribution in [0.5, 0.6) is 5.75 Å². The number of aromatic nitrogens is 2. The third-order valence-corrected chi connectivity index (χ3v) is 4.86. The Kier molecular flexibility index (Phi) is 5.89. The Morgan fingerprint density at radius 3 is 2.66 bits per heavy atom. The molecule has 160 valence electrons. The summed E-state index contributed by atoms with van der Waals surface area (Å²) >= 11 is 0. The minimum atomic E-state index is -0.576. The van der Waals surface area contributed by atoms with Gasteiger partial charge in [0, 0.05) is 24.1 Å². The third kappa shape index (κ3) is 4.62. The van der Waals surface area contributed by atoms with Gasteiger partial charge >= 0.3 is 0 Å². The largest absolute Gasteiger partial charge is 0.507 e. The lowest BCUT2D eigenvalue weighted by Crippen LogP contribution is -2.24. The zero-order valence-electron chi connectivity index (χ0n) is 16.9. The first-order valence-corrected chi connectivity index (χ1v) is 9.78. The summed E-state index contributed by atoms with van der Waals surface area (Å²) in [5.41, 5.74) is 5.02. The van der Waals surface area contributed by atoms with Crippen LogP contribution in [-0.4, -0.2) is 31.7 Å². The van der Waals surface area contributed by atoms with Gasteiger partial charge in [-0.15, -0.1) is 0 Å². The second kappa shape index (κ2) is 9.09. The summed E-state index contributed by atoms with van der Waals surface area (Å²) in [5.74, 6) is 0.163. The first-order valence-electron chi connectivity index (χ1n) is 9.78. The van der Waals surface area contributed by atoms with Crippen LogP contribution in [0, 0.1) is 10.1 Å². The van der Waals surface area contributed by atoms with Crippen molar-refractivity contribution in [2.75, 3.05) is 0 Å². The van der Waals surface area contributed by atoms with Gasteiger partial charge in [0.15, 0.2) is 0 Å². The first kappa shape index (κ1) is 20.7. The summed E-state index contributed by atoms with van der Waals surface area (Å²) in [7, 11) is 0. The highest BCUT2D eigenvalue weighted by molar-refractivity contribution is 5.86. The number of nitro benzene ring substituents is 1. The van der Waals surface area contributed by atoms with E-state index < -0.39 is 10.8 Å². The molecule has 0 radical (unpaired) electrons. The average Bonchev–Trinajstić information content (AvgIpc) is 3.12. The van der Waals surface area contributed by atoms with Crippen molar-refractivity contribution in [1.29, 1.82) is 0 Å². The highest BCUT2D eigenvalue weighted by Gasteiger charge is 2.14. The number of carbonyl (C=O) groups is 1. The second-order valence-corrected chi connectivity index (χ2v) is 7.06. The van der Waals surface area contributed by atoms with E-state index in [1.807, 2.05) is 59.2 Å². The number of non-ortho nitro benzene ring substituents is 1. The molecule has 3 aromatic carbocycles. The lowest BCUT2D eigenvalue weighted by Gasteiger charge is -2.08. The molecular weight excluding hydrogens is 410 g/mol. The molecule has 0 atom stereocenters. The van der Waals surface area contributed by atoms with E-state index in [4.69, 9.17) is 0 Å². The number of benzene rings is 3. The molecule has 1 aromatic heterocycles. The quantitative estimate of drug-likeness (QED) is 0.265. The van der Waals surface area contributed by atoms with Crippen LogP contribution in [0.2, 0.25) is 0 Å². The molecule has 9 nitrogen and oxygen atoms in total. The number of hydrogen-bond donors (Lipinski definition) is 2. The molecule has 1 amide bonds. The Bertz CT molecular complexity index is 1310. The number of rotatable bonds is 7. The van der Waals surface area contributed by atoms with E-state index in [-0.39, 0.29) is 23.5 Å². The van der Waals surface area contributed by atoms with Crippen LogP contribution in [0.15, 0.2) is 77.9 Å². The van der Waals surface area contributed by atoms with E-state index >= 15 is 0 Å². The number of imidazole rings is 1. The van der Waals surface area contributed by atoms with E-state index in [0.29, 0.717) is 6.42 Å². The lowest BCUT2D eigenvalue weighted by molar-refractivity contribution is -0.384. The van der Waals surface area contributed by atoms with Crippen LogP contribution in [0.4, 0.5) is 5.69 Å². The zero-order valence-corrected chi connectivity index (χ0v) is 16.9. The number of nitrogens with one attached hydrogen (secondary N) is 1. The highest BCUT2D eigenvalue weighted by Crippen LogP contribution is 2.21. The van der Waals surface area contributed by atoms with Crippen LogP contribution in [0.1, 0.15) is 17.0 Å². The lowest BCUT2D eigenvalue weighted by atomic mass is 10.1. The number of amides is 1. The molecule has 4 rings (SSSR count).